The highest BCUT2D eigenvalue weighted by Crippen LogP contribution is 2.35. The van der Waals surface area contributed by atoms with E-state index in [2.05, 4.69) is 40.0 Å². The number of anilines is 1. The van der Waals surface area contributed by atoms with Gasteiger partial charge in [0.1, 0.15) is 6.10 Å². The zero-order valence-electron chi connectivity index (χ0n) is 10.1. The molecule has 0 spiro atoms. The number of benzene rings is 1. The van der Waals surface area contributed by atoms with Crippen molar-refractivity contribution in [2.45, 2.75) is 12.5 Å². The molecule has 4 heteroatoms. The molecule has 1 unspecified atom stereocenters. The Morgan fingerprint density at radius 1 is 1.39 bits per heavy atom. The molecule has 0 saturated carbocycles. The minimum absolute atomic E-state index is 0.532. The molecule has 2 nitrogen and oxygen atoms in total. The number of hydrogen-bond donors (Lipinski definition) is 1. The molecule has 1 aliphatic rings. The summed E-state index contributed by atoms with van der Waals surface area (Å²) in [6.45, 7) is 1.07. The van der Waals surface area contributed by atoms with Gasteiger partial charge in [0.15, 0.2) is 0 Å². The molecular weight excluding hydrogens is 310 g/mol. The predicted octanol–water partition coefficient (Wildman–Crippen LogP) is 3.58. The third-order valence-corrected chi connectivity index (χ3v) is 5.36. The molecule has 3 rings (SSSR count). The summed E-state index contributed by atoms with van der Waals surface area (Å²) < 4.78 is 0.984. The molecule has 1 aromatic carbocycles. The van der Waals surface area contributed by atoms with E-state index in [1.165, 1.54) is 11.3 Å². The minimum Gasteiger partial charge on any atom is -0.383 e. The lowest BCUT2D eigenvalue weighted by molar-refractivity contribution is 0.223. The Morgan fingerprint density at radius 2 is 2.22 bits per heavy atom. The highest BCUT2D eigenvalue weighted by atomic mass is 79.9. The van der Waals surface area contributed by atoms with Crippen LogP contribution in [0.3, 0.4) is 0 Å². The first-order valence-electron chi connectivity index (χ1n) is 5.92. The quantitative estimate of drug-likeness (QED) is 0.913. The van der Waals surface area contributed by atoms with Crippen LogP contribution in [0.25, 0.3) is 0 Å². The largest absolute Gasteiger partial charge is 0.383 e. The van der Waals surface area contributed by atoms with E-state index in [9.17, 15) is 5.11 Å². The van der Waals surface area contributed by atoms with E-state index in [1.807, 2.05) is 17.5 Å². The van der Waals surface area contributed by atoms with Crippen molar-refractivity contribution in [2.24, 2.45) is 0 Å². The van der Waals surface area contributed by atoms with Gasteiger partial charge in [-0.2, -0.15) is 0 Å². The number of rotatable bonds is 2. The molecule has 0 amide bonds. The first-order chi connectivity index (χ1) is 8.66. The van der Waals surface area contributed by atoms with Crippen molar-refractivity contribution < 1.29 is 5.11 Å². The smallest absolute Gasteiger partial charge is 0.114 e. The molecule has 0 radical (unpaired) electrons. The van der Waals surface area contributed by atoms with Gasteiger partial charge in [0.05, 0.1) is 4.88 Å². The van der Waals surface area contributed by atoms with Crippen LogP contribution >= 0.6 is 27.3 Å². The maximum absolute atomic E-state index is 10.4. The number of fused-ring (bicyclic) bond motifs is 1. The Balaban J connectivity index is 1.96. The second-order valence-corrected chi connectivity index (χ2v) is 6.40. The Labute approximate surface area is 119 Å². The van der Waals surface area contributed by atoms with Crippen LogP contribution in [0.1, 0.15) is 22.1 Å². The summed E-state index contributed by atoms with van der Waals surface area (Å²) in [5, 5.41) is 12.4. The van der Waals surface area contributed by atoms with Crippen molar-refractivity contribution in [3.63, 3.8) is 0 Å². The second-order valence-electron chi connectivity index (χ2n) is 4.60. The van der Waals surface area contributed by atoms with Gasteiger partial charge in [0.2, 0.25) is 0 Å². The van der Waals surface area contributed by atoms with E-state index in [1.54, 1.807) is 11.3 Å². The van der Waals surface area contributed by atoms with Crippen molar-refractivity contribution >= 4 is 33.0 Å². The SMILES string of the molecule is CN1CCc2cc(C(O)c3sccc3Br)ccc21. The van der Waals surface area contributed by atoms with E-state index in [-0.39, 0.29) is 0 Å². The van der Waals surface area contributed by atoms with E-state index in [0.717, 1.165) is 27.9 Å². The molecule has 0 aliphatic carbocycles. The topological polar surface area (TPSA) is 23.5 Å². The standard InChI is InChI=1S/C14H14BrNOS/c1-16-6-4-9-8-10(2-3-12(9)16)13(17)14-11(15)5-7-18-14/h2-3,5,7-8,13,17H,4,6H2,1H3. The van der Waals surface area contributed by atoms with Crippen molar-refractivity contribution in [1.29, 1.82) is 0 Å². The minimum atomic E-state index is -0.532. The summed E-state index contributed by atoms with van der Waals surface area (Å²) in [5.41, 5.74) is 3.60. The Bertz CT molecular complexity index is 581. The molecule has 0 fully saturated rings. The summed E-state index contributed by atoms with van der Waals surface area (Å²) in [5.74, 6) is 0. The number of aliphatic hydroxyl groups excluding tert-OH is 1. The molecule has 1 aromatic heterocycles. The second kappa shape index (κ2) is 4.68. The van der Waals surface area contributed by atoms with Crippen molar-refractivity contribution in [3.8, 4) is 0 Å². The summed E-state index contributed by atoms with van der Waals surface area (Å²) >= 11 is 5.06. The van der Waals surface area contributed by atoms with Gasteiger partial charge in [-0.15, -0.1) is 11.3 Å². The number of likely N-dealkylation sites (N-methyl/N-ethyl adjacent to an activating group) is 1. The van der Waals surface area contributed by atoms with Gasteiger partial charge in [-0.05, 0) is 51.0 Å². The molecule has 1 aliphatic heterocycles. The molecular formula is C14H14BrNOS. The molecule has 0 saturated heterocycles. The van der Waals surface area contributed by atoms with E-state index >= 15 is 0 Å². The maximum Gasteiger partial charge on any atom is 0.114 e. The summed E-state index contributed by atoms with van der Waals surface area (Å²) in [4.78, 5) is 3.23. The van der Waals surface area contributed by atoms with Crippen molar-refractivity contribution in [1.82, 2.24) is 0 Å². The zero-order valence-corrected chi connectivity index (χ0v) is 12.5. The first kappa shape index (κ1) is 12.2. The average molecular weight is 324 g/mol. The van der Waals surface area contributed by atoms with Crippen LogP contribution in [0.15, 0.2) is 34.1 Å². The fourth-order valence-corrected chi connectivity index (χ4v) is 4.01. The first-order valence-corrected chi connectivity index (χ1v) is 7.59. The fourth-order valence-electron chi connectivity index (χ4n) is 2.41. The van der Waals surface area contributed by atoms with Gasteiger partial charge in [0, 0.05) is 23.8 Å². The van der Waals surface area contributed by atoms with Crippen molar-refractivity contribution in [3.05, 3.63) is 50.1 Å². The number of nitrogens with zero attached hydrogens (tertiary/aromatic N) is 1. The van der Waals surface area contributed by atoms with E-state index < -0.39 is 6.10 Å². The summed E-state index contributed by atoms with van der Waals surface area (Å²) in [7, 11) is 2.11. The molecule has 2 aromatic rings. The van der Waals surface area contributed by atoms with E-state index in [4.69, 9.17) is 0 Å². The molecule has 18 heavy (non-hydrogen) atoms. The van der Waals surface area contributed by atoms with Crippen LogP contribution in [-0.4, -0.2) is 18.7 Å². The van der Waals surface area contributed by atoms with Crippen molar-refractivity contribution in [2.75, 3.05) is 18.5 Å². The van der Waals surface area contributed by atoms with Crippen LogP contribution in [0, 0.1) is 0 Å². The van der Waals surface area contributed by atoms with Gasteiger partial charge in [-0.3, -0.25) is 0 Å². The number of thiophene rings is 1. The Hall–Kier alpha value is -0.840. The monoisotopic (exact) mass is 323 g/mol. The summed E-state index contributed by atoms with van der Waals surface area (Å²) in [6, 6.07) is 8.25. The van der Waals surface area contributed by atoms with Gasteiger partial charge in [0.25, 0.3) is 0 Å². The lowest BCUT2D eigenvalue weighted by atomic mass is 10.0. The normalized spacial score (nSPS) is 15.8. The highest BCUT2D eigenvalue weighted by molar-refractivity contribution is 9.10. The van der Waals surface area contributed by atoms with Crippen LogP contribution in [0.5, 0.6) is 0 Å². The van der Waals surface area contributed by atoms with Gasteiger partial charge in [-0.1, -0.05) is 12.1 Å². The van der Waals surface area contributed by atoms with Gasteiger partial charge in [-0.25, -0.2) is 0 Å². The lowest BCUT2D eigenvalue weighted by Crippen LogP contribution is -2.12. The van der Waals surface area contributed by atoms with E-state index in [0.29, 0.717) is 0 Å². The Kier molecular flexibility index (Phi) is 3.18. The number of halogens is 1. The number of hydrogen-bond acceptors (Lipinski definition) is 3. The van der Waals surface area contributed by atoms with Crippen LogP contribution < -0.4 is 4.90 Å². The van der Waals surface area contributed by atoms with Gasteiger partial charge >= 0.3 is 0 Å². The Morgan fingerprint density at radius 3 is 2.94 bits per heavy atom. The van der Waals surface area contributed by atoms with Crippen LogP contribution in [-0.2, 0) is 6.42 Å². The molecule has 1 atom stereocenters. The predicted molar refractivity (Wildman–Crippen MR) is 79.5 cm³/mol. The summed E-state index contributed by atoms with van der Waals surface area (Å²) in [6.07, 6.45) is 0.536. The average Bonchev–Trinajstić information content (AvgIpc) is 2.95. The third-order valence-electron chi connectivity index (χ3n) is 3.44. The maximum atomic E-state index is 10.4. The highest BCUT2D eigenvalue weighted by Gasteiger charge is 2.20. The van der Waals surface area contributed by atoms with Gasteiger partial charge < -0.3 is 10.0 Å². The lowest BCUT2D eigenvalue weighted by Gasteiger charge is -2.14. The molecule has 1 N–H and O–H groups in total. The van der Waals surface area contributed by atoms with Crippen LogP contribution in [0.2, 0.25) is 0 Å². The third kappa shape index (κ3) is 1.98. The fraction of sp³-hybridized carbons (Fsp3) is 0.286. The number of aliphatic hydroxyl groups is 1. The molecule has 2 heterocycles. The van der Waals surface area contributed by atoms with Crippen LogP contribution in [0.4, 0.5) is 5.69 Å². The zero-order chi connectivity index (χ0) is 12.7. The molecule has 0 bridgehead atoms. The molecule has 94 valence electrons.